The molecule has 0 atom stereocenters. The van der Waals surface area contributed by atoms with E-state index in [9.17, 15) is 0 Å². The van der Waals surface area contributed by atoms with Crippen molar-refractivity contribution in [3.8, 4) is 0 Å². The summed E-state index contributed by atoms with van der Waals surface area (Å²) in [7, 11) is 2.97. The molecule has 2 heteroatoms. The van der Waals surface area contributed by atoms with Crippen molar-refractivity contribution in [2.24, 2.45) is 0 Å². The van der Waals surface area contributed by atoms with Crippen LogP contribution >= 0.6 is 0 Å². The maximum absolute atomic E-state index is 2.99. The summed E-state index contributed by atoms with van der Waals surface area (Å²) >= 11 is 1.81. The van der Waals surface area contributed by atoms with Crippen LogP contribution in [0.25, 0.3) is 0 Å². The predicted octanol–water partition coefficient (Wildman–Crippen LogP) is 2.23. The first kappa shape index (κ1) is 11.9. The molecule has 0 bridgehead atoms. The first-order chi connectivity index (χ1) is 6.00. The minimum absolute atomic E-state index is 1.01. The molecule has 2 rings (SSSR count). The number of hydrogen-bond donors (Lipinski definition) is 0. The van der Waals surface area contributed by atoms with Gasteiger partial charge in [0.15, 0.2) is 0 Å². The van der Waals surface area contributed by atoms with Gasteiger partial charge in [-0.25, -0.2) is 24.3 Å². The van der Waals surface area contributed by atoms with Crippen LogP contribution in [-0.2, 0) is 19.2 Å². The molecule has 0 unspecified atom stereocenters. The van der Waals surface area contributed by atoms with Gasteiger partial charge >= 0.3 is 26.8 Å². The van der Waals surface area contributed by atoms with E-state index in [2.05, 4.69) is 31.9 Å². The SMILES string of the molecule is [C-]1=CC=CC1.[C-]1=CC=CC1.[Si]=[Ti+2]. The number of hydrogen-bond acceptors (Lipinski definition) is 0. The van der Waals surface area contributed by atoms with Crippen molar-refractivity contribution in [3.05, 3.63) is 48.6 Å². The summed E-state index contributed by atoms with van der Waals surface area (Å²) in [5, 5.41) is 0. The Hall–Kier alpha value is -0.109. The van der Waals surface area contributed by atoms with E-state index in [1.165, 1.54) is 0 Å². The van der Waals surface area contributed by atoms with E-state index in [-0.39, 0.29) is 0 Å². The Kier molecular flexibility index (Phi) is 10.8. The second kappa shape index (κ2) is 10.9. The summed E-state index contributed by atoms with van der Waals surface area (Å²) in [4.78, 5) is 0. The van der Waals surface area contributed by atoms with Crippen LogP contribution in [-0.4, -0.2) is 7.63 Å². The average Bonchev–Trinajstić information content (AvgIpc) is 2.87. The second-order valence-electron chi connectivity index (χ2n) is 2.01. The molecule has 0 fully saturated rings. The quantitative estimate of drug-likeness (QED) is 0.421. The van der Waals surface area contributed by atoms with Gasteiger partial charge in [-0.3, -0.25) is 12.2 Å². The van der Waals surface area contributed by atoms with Crippen LogP contribution < -0.4 is 0 Å². The molecule has 12 heavy (non-hydrogen) atoms. The normalized spacial score (nSPS) is 15.2. The molecule has 0 heterocycles. The van der Waals surface area contributed by atoms with Crippen molar-refractivity contribution in [1.29, 1.82) is 0 Å². The van der Waals surface area contributed by atoms with Gasteiger partial charge in [-0.1, -0.05) is 0 Å². The van der Waals surface area contributed by atoms with Crippen LogP contribution in [0, 0.1) is 12.2 Å². The van der Waals surface area contributed by atoms with Gasteiger partial charge in [0.25, 0.3) is 0 Å². The molecule has 0 spiro atoms. The molecule has 0 N–H and O–H groups in total. The van der Waals surface area contributed by atoms with Gasteiger partial charge in [0, 0.05) is 0 Å². The summed E-state index contributed by atoms with van der Waals surface area (Å²) in [6, 6.07) is 0. The standard InChI is InChI=1S/2C5H5.Si.Ti/c2*1-2-4-5-3-1;;/h2*1-3H,4H2;;/q2*-1;;+2. The van der Waals surface area contributed by atoms with E-state index in [4.69, 9.17) is 0 Å². The topological polar surface area (TPSA) is 0 Å². The van der Waals surface area contributed by atoms with Gasteiger partial charge < -0.3 is 0 Å². The first-order valence-electron chi connectivity index (χ1n) is 3.68. The Morgan fingerprint density at radius 2 is 1.33 bits per heavy atom. The van der Waals surface area contributed by atoms with Gasteiger partial charge in [0.2, 0.25) is 0 Å². The molecule has 0 saturated heterocycles. The van der Waals surface area contributed by atoms with Gasteiger partial charge in [0.1, 0.15) is 0 Å². The van der Waals surface area contributed by atoms with Crippen molar-refractivity contribution in [3.63, 3.8) is 0 Å². The van der Waals surface area contributed by atoms with Crippen molar-refractivity contribution in [2.45, 2.75) is 12.8 Å². The van der Waals surface area contributed by atoms with Crippen LogP contribution in [0.3, 0.4) is 0 Å². The van der Waals surface area contributed by atoms with Crippen molar-refractivity contribution >= 4 is 7.63 Å². The van der Waals surface area contributed by atoms with Gasteiger partial charge in [0.05, 0.1) is 0 Å². The summed E-state index contributed by atoms with van der Waals surface area (Å²) in [6.45, 7) is 0. The predicted molar refractivity (Wildman–Crippen MR) is 48.9 cm³/mol. The molecule has 0 aromatic rings. The molecule has 0 aromatic carbocycles. The zero-order chi connectivity index (χ0) is 9.07. The second-order valence-corrected chi connectivity index (χ2v) is 2.01. The average molecular weight is 206 g/mol. The Bertz CT molecular complexity index is 160. The summed E-state index contributed by atoms with van der Waals surface area (Å²) in [5.41, 5.74) is 0. The number of allylic oxidation sites excluding steroid dienone is 8. The monoisotopic (exact) mass is 206 g/mol. The molecule has 2 aliphatic carbocycles. The fraction of sp³-hybridized carbons (Fsp3) is 0.200. The molecule has 0 saturated carbocycles. The van der Waals surface area contributed by atoms with Crippen LogP contribution in [0.4, 0.5) is 0 Å². The maximum atomic E-state index is 2.99. The Labute approximate surface area is 88.2 Å². The van der Waals surface area contributed by atoms with Crippen molar-refractivity contribution in [1.82, 2.24) is 0 Å². The molecule has 0 aromatic heterocycles. The Morgan fingerprint density at radius 1 is 0.917 bits per heavy atom. The first-order valence-corrected chi connectivity index (χ1v) is 6.53. The zero-order valence-corrected chi connectivity index (χ0v) is 9.44. The minimum atomic E-state index is 1.01. The summed E-state index contributed by atoms with van der Waals surface area (Å²) in [6.07, 6.45) is 20.0. The Morgan fingerprint density at radius 3 is 1.42 bits per heavy atom. The molecule has 2 radical (unpaired) electrons. The zero-order valence-electron chi connectivity index (χ0n) is 6.88. The van der Waals surface area contributed by atoms with Crippen LogP contribution in [0.2, 0.25) is 0 Å². The van der Waals surface area contributed by atoms with Gasteiger partial charge in [-0.2, -0.15) is 12.2 Å². The van der Waals surface area contributed by atoms with E-state index < -0.39 is 0 Å². The summed E-state index contributed by atoms with van der Waals surface area (Å²) < 4.78 is 0. The molecule has 2 aliphatic rings. The van der Waals surface area contributed by atoms with Crippen LogP contribution in [0.5, 0.6) is 0 Å². The fourth-order valence-electron chi connectivity index (χ4n) is 0.680. The molecular formula is C10H10SiTi. The fourth-order valence-corrected chi connectivity index (χ4v) is 0.680. The molecule has 0 aliphatic heterocycles. The molecular weight excluding hydrogens is 196 g/mol. The third-order valence-electron chi connectivity index (χ3n) is 1.17. The van der Waals surface area contributed by atoms with E-state index in [0.717, 1.165) is 12.8 Å². The van der Waals surface area contributed by atoms with E-state index in [0.29, 0.717) is 0 Å². The van der Waals surface area contributed by atoms with E-state index in [1.54, 1.807) is 19.2 Å². The van der Waals surface area contributed by atoms with Crippen LogP contribution in [0.1, 0.15) is 12.8 Å². The van der Waals surface area contributed by atoms with Crippen LogP contribution in [0.15, 0.2) is 36.5 Å². The van der Waals surface area contributed by atoms with Gasteiger partial charge in [-0.15, -0.1) is 12.8 Å². The van der Waals surface area contributed by atoms with Crippen molar-refractivity contribution in [2.75, 3.05) is 0 Å². The molecule has 58 valence electrons. The third kappa shape index (κ3) is 7.99. The molecule has 0 nitrogen and oxygen atoms in total. The van der Waals surface area contributed by atoms with E-state index in [1.807, 2.05) is 24.3 Å². The van der Waals surface area contributed by atoms with Crippen molar-refractivity contribution < 1.29 is 19.2 Å². The Balaban J connectivity index is 0.000000168. The molecule has 0 amide bonds. The van der Waals surface area contributed by atoms with Gasteiger partial charge in [-0.05, 0) is 0 Å². The van der Waals surface area contributed by atoms with E-state index >= 15 is 0 Å². The summed E-state index contributed by atoms with van der Waals surface area (Å²) in [5.74, 6) is 0. The number of rotatable bonds is 0. The third-order valence-corrected chi connectivity index (χ3v) is 1.17.